The summed E-state index contributed by atoms with van der Waals surface area (Å²) < 4.78 is 2.32. The Hall–Kier alpha value is -2.14. The number of hydrogen-bond acceptors (Lipinski definition) is 3. The third-order valence-electron chi connectivity index (χ3n) is 4.63. The number of carbonyl (C=O) groups is 1. The number of hydroxylamine groups is 2. The third kappa shape index (κ3) is 3.01. The summed E-state index contributed by atoms with van der Waals surface area (Å²) >= 11 is 0. The maximum Gasteiger partial charge on any atom is 0.246 e. The van der Waals surface area contributed by atoms with Crippen LogP contribution in [0.15, 0.2) is 36.5 Å². The number of carbonyl (C=O) groups excluding carboxylic acids is 1. The van der Waals surface area contributed by atoms with Crippen LogP contribution in [0.5, 0.6) is 0 Å². The predicted octanol–water partition coefficient (Wildman–Crippen LogP) is 2.62. The van der Waals surface area contributed by atoms with Gasteiger partial charge in [-0.15, -0.1) is 0 Å². The molecular formula is C18H23N3O2. The Bertz CT molecular complexity index is 681. The lowest BCUT2D eigenvalue weighted by molar-refractivity contribution is -0.168. The molecule has 0 saturated carbocycles. The molecule has 1 aromatic heterocycles. The van der Waals surface area contributed by atoms with Gasteiger partial charge >= 0.3 is 0 Å². The van der Waals surface area contributed by atoms with Crippen molar-refractivity contribution in [1.82, 2.24) is 14.6 Å². The summed E-state index contributed by atoms with van der Waals surface area (Å²) in [5, 5.41) is 1.28. The van der Waals surface area contributed by atoms with Crippen LogP contribution in [0.1, 0.15) is 36.5 Å². The Morgan fingerprint density at radius 3 is 2.83 bits per heavy atom. The molecule has 0 radical (unpaired) electrons. The average molecular weight is 313 g/mol. The summed E-state index contributed by atoms with van der Waals surface area (Å²) in [6.45, 7) is 2.26. The van der Waals surface area contributed by atoms with E-state index in [1.54, 1.807) is 7.05 Å². The standard InChI is InChI=1S/C18H23N3O2/c1-13-11-16-19-12-15(9-10-17(22)20(2)23-3)21(16)18(13)14-7-5-4-6-8-14/h4-8,12-13,18H,9-11H2,1-3H3. The van der Waals surface area contributed by atoms with Gasteiger partial charge in [-0.25, -0.2) is 10.0 Å². The predicted molar refractivity (Wildman–Crippen MR) is 87.8 cm³/mol. The van der Waals surface area contributed by atoms with Crippen molar-refractivity contribution in [1.29, 1.82) is 0 Å². The van der Waals surface area contributed by atoms with Gasteiger partial charge in [0.2, 0.25) is 5.91 Å². The minimum Gasteiger partial charge on any atom is -0.324 e. The average Bonchev–Trinajstić information content (AvgIpc) is 3.10. The number of amides is 1. The highest BCUT2D eigenvalue weighted by Gasteiger charge is 2.33. The molecule has 0 bridgehead atoms. The van der Waals surface area contributed by atoms with Gasteiger partial charge in [0.05, 0.1) is 13.2 Å². The first-order valence-electron chi connectivity index (χ1n) is 8.02. The maximum atomic E-state index is 12.0. The van der Waals surface area contributed by atoms with Crippen LogP contribution < -0.4 is 0 Å². The van der Waals surface area contributed by atoms with Crippen LogP contribution in [0.3, 0.4) is 0 Å². The molecular weight excluding hydrogens is 290 g/mol. The highest BCUT2D eigenvalue weighted by molar-refractivity contribution is 5.74. The molecule has 2 atom stereocenters. The van der Waals surface area contributed by atoms with Gasteiger partial charge in [-0.2, -0.15) is 0 Å². The van der Waals surface area contributed by atoms with Crippen LogP contribution in [0.2, 0.25) is 0 Å². The Morgan fingerprint density at radius 2 is 2.13 bits per heavy atom. The number of hydrogen-bond donors (Lipinski definition) is 0. The normalized spacial score (nSPS) is 19.6. The van der Waals surface area contributed by atoms with Gasteiger partial charge < -0.3 is 4.57 Å². The molecule has 0 fully saturated rings. The first kappa shape index (κ1) is 15.7. The highest BCUT2D eigenvalue weighted by atomic mass is 16.7. The third-order valence-corrected chi connectivity index (χ3v) is 4.63. The van der Waals surface area contributed by atoms with Crippen LogP contribution >= 0.6 is 0 Å². The van der Waals surface area contributed by atoms with Crippen molar-refractivity contribution in [2.24, 2.45) is 5.92 Å². The fraction of sp³-hybridized carbons (Fsp3) is 0.444. The van der Waals surface area contributed by atoms with Crippen LogP contribution in [0.25, 0.3) is 0 Å². The minimum atomic E-state index is -0.0228. The van der Waals surface area contributed by atoms with E-state index in [0.29, 0.717) is 24.8 Å². The monoisotopic (exact) mass is 313 g/mol. The summed E-state index contributed by atoms with van der Waals surface area (Å²) in [5.41, 5.74) is 2.43. The van der Waals surface area contributed by atoms with Gasteiger partial charge in [0, 0.05) is 31.8 Å². The Kier molecular flexibility index (Phi) is 4.48. The first-order valence-corrected chi connectivity index (χ1v) is 8.02. The molecule has 1 aliphatic heterocycles. The number of aryl methyl sites for hydroxylation is 1. The molecule has 1 amide bonds. The lowest BCUT2D eigenvalue weighted by atomic mass is 9.95. The van der Waals surface area contributed by atoms with Crippen molar-refractivity contribution < 1.29 is 9.63 Å². The van der Waals surface area contributed by atoms with E-state index in [9.17, 15) is 4.79 Å². The van der Waals surface area contributed by atoms with E-state index in [1.165, 1.54) is 17.7 Å². The topological polar surface area (TPSA) is 47.4 Å². The quantitative estimate of drug-likeness (QED) is 0.797. The van der Waals surface area contributed by atoms with Crippen molar-refractivity contribution >= 4 is 5.91 Å². The number of imidazole rings is 1. The Labute approximate surface area is 136 Å². The minimum absolute atomic E-state index is 0.0228. The molecule has 1 aliphatic rings. The maximum absolute atomic E-state index is 12.0. The van der Waals surface area contributed by atoms with Crippen molar-refractivity contribution in [3.8, 4) is 0 Å². The van der Waals surface area contributed by atoms with E-state index in [1.807, 2.05) is 12.3 Å². The van der Waals surface area contributed by atoms with E-state index in [2.05, 4.69) is 40.7 Å². The second kappa shape index (κ2) is 6.54. The highest BCUT2D eigenvalue weighted by Crippen LogP contribution is 2.37. The molecule has 3 rings (SSSR count). The molecule has 5 heteroatoms. The number of benzene rings is 1. The van der Waals surface area contributed by atoms with E-state index in [4.69, 9.17) is 4.84 Å². The summed E-state index contributed by atoms with van der Waals surface area (Å²) in [6.07, 6.45) is 3.99. The van der Waals surface area contributed by atoms with Crippen LogP contribution in [0, 0.1) is 5.92 Å². The van der Waals surface area contributed by atoms with Gasteiger partial charge in [0.15, 0.2) is 0 Å². The fourth-order valence-electron chi connectivity index (χ4n) is 3.39. The summed E-state index contributed by atoms with van der Waals surface area (Å²) in [5.74, 6) is 1.61. The second-order valence-electron chi connectivity index (χ2n) is 6.15. The number of rotatable bonds is 5. The number of fused-ring (bicyclic) bond motifs is 1. The van der Waals surface area contributed by atoms with Gasteiger partial charge in [-0.3, -0.25) is 9.63 Å². The van der Waals surface area contributed by atoms with Gasteiger partial charge in [-0.1, -0.05) is 37.3 Å². The van der Waals surface area contributed by atoms with Crippen molar-refractivity contribution in [3.05, 3.63) is 53.6 Å². The Balaban J connectivity index is 1.83. The zero-order chi connectivity index (χ0) is 16.4. The van der Waals surface area contributed by atoms with Crippen LogP contribution in [-0.4, -0.2) is 34.7 Å². The summed E-state index contributed by atoms with van der Waals surface area (Å²) in [7, 11) is 3.14. The molecule has 2 unspecified atom stereocenters. The molecule has 1 aromatic carbocycles. The van der Waals surface area contributed by atoms with Crippen LogP contribution in [0.4, 0.5) is 0 Å². The van der Waals surface area contributed by atoms with Crippen molar-refractivity contribution in [2.45, 2.75) is 32.2 Å². The zero-order valence-corrected chi connectivity index (χ0v) is 13.9. The second-order valence-corrected chi connectivity index (χ2v) is 6.15. The van der Waals surface area contributed by atoms with E-state index < -0.39 is 0 Å². The molecule has 0 spiro atoms. The first-order chi connectivity index (χ1) is 11.1. The zero-order valence-electron chi connectivity index (χ0n) is 13.9. The molecule has 0 aliphatic carbocycles. The van der Waals surface area contributed by atoms with Crippen LogP contribution in [-0.2, 0) is 22.5 Å². The summed E-state index contributed by atoms with van der Waals surface area (Å²) in [6, 6.07) is 10.8. The van der Waals surface area contributed by atoms with E-state index in [0.717, 1.165) is 17.9 Å². The lowest BCUT2D eigenvalue weighted by Gasteiger charge is -2.21. The fourth-order valence-corrected chi connectivity index (χ4v) is 3.39. The lowest BCUT2D eigenvalue weighted by Crippen LogP contribution is -2.26. The van der Waals surface area contributed by atoms with E-state index in [-0.39, 0.29) is 5.91 Å². The number of aromatic nitrogens is 2. The van der Waals surface area contributed by atoms with Gasteiger partial charge in [-0.05, 0) is 17.9 Å². The molecule has 122 valence electrons. The van der Waals surface area contributed by atoms with Crippen molar-refractivity contribution in [2.75, 3.05) is 14.2 Å². The van der Waals surface area contributed by atoms with Crippen molar-refractivity contribution in [3.63, 3.8) is 0 Å². The van der Waals surface area contributed by atoms with Gasteiger partial charge in [0.25, 0.3) is 0 Å². The molecule has 0 saturated heterocycles. The SMILES string of the molecule is CON(C)C(=O)CCc1cnc2n1C(c1ccccc1)C(C)C2. The molecule has 0 N–H and O–H groups in total. The largest absolute Gasteiger partial charge is 0.324 e. The molecule has 2 heterocycles. The molecule has 2 aromatic rings. The Morgan fingerprint density at radius 1 is 1.39 bits per heavy atom. The smallest absolute Gasteiger partial charge is 0.246 e. The van der Waals surface area contributed by atoms with E-state index >= 15 is 0 Å². The summed E-state index contributed by atoms with van der Waals surface area (Å²) in [4.78, 5) is 21.5. The number of nitrogens with zero attached hydrogens (tertiary/aromatic N) is 3. The van der Waals surface area contributed by atoms with Gasteiger partial charge in [0.1, 0.15) is 5.82 Å². The molecule has 5 nitrogen and oxygen atoms in total. The molecule has 23 heavy (non-hydrogen) atoms.